The fourth-order valence-corrected chi connectivity index (χ4v) is 4.95. The molecule has 3 atom stereocenters. The molecule has 0 amide bonds. The third kappa shape index (κ3) is 1.65. The molecule has 2 bridgehead atoms. The van der Waals surface area contributed by atoms with Gasteiger partial charge in [0.15, 0.2) is 11.6 Å². The molecule has 2 aromatic carbocycles. The van der Waals surface area contributed by atoms with Crippen LogP contribution in [0.5, 0.6) is 0 Å². The number of ether oxygens (including phenoxy) is 1. The van der Waals surface area contributed by atoms with Crippen LogP contribution < -0.4 is 0 Å². The highest BCUT2D eigenvalue weighted by Crippen LogP contribution is 2.59. The Bertz CT molecular complexity index is 856. The van der Waals surface area contributed by atoms with E-state index in [2.05, 4.69) is 12.1 Å². The number of carbonyl (C=O) groups excluding carboxylic acids is 2. The van der Waals surface area contributed by atoms with Gasteiger partial charge in [0.25, 0.3) is 0 Å². The molecule has 2 aromatic rings. The standard InChI is InChI=1S/C21H18O3/c22-17-10-11-21(15-7-2-1-3-8-15)13-20(19(17)24-21)12-14-6-4-5-9-16(14)18(20)23/h1-9,19H,10-13H2/t19-,20+,21+/m0/s1. The molecule has 0 N–H and O–H groups in total. The number of hydrogen-bond acceptors (Lipinski definition) is 3. The van der Waals surface area contributed by atoms with Crippen molar-refractivity contribution in [2.45, 2.75) is 37.4 Å². The van der Waals surface area contributed by atoms with Crippen LogP contribution in [-0.4, -0.2) is 17.7 Å². The van der Waals surface area contributed by atoms with Gasteiger partial charge in [0, 0.05) is 12.0 Å². The van der Waals surface area contributed by atoms with Gasteiger partial charge in [-0.2, -0.15) is 0 Å². The molecule has 0 saturated carbocycles. The second kappa shape index (κ2) is 4.64. The maximum atomic E-state index is 13.3. The molecule has 3 nitrogen and oxygen atoms in total. The first-order valence-corrected chi connectivity index (χ1v) is 8.53. The number of Topliss-reactive ketones (excluding diaryl/α,β-unsaturated/α-hetero) is 2. The second-order valence-electron chi connectivity index (χ2n) is 7.32. The summed E-state index contributed by atoms with van der Waals surface area (Å²) < 4.78 is 6.35. The van der Waals surface area contributed by atoms with Crippen LogP contribution in [0.3, 0.4) is 0 Å². The number of fused-ring (bicyclic) bond motifs is 4. The van der Waals surface area contributed by atoms with Crippen LogP contribution in [0.15, 0.2) is 54.6 Å². The van der Waals surface area contributed by atoms with Crippen LogP contribution >= 0.6 is 0 Å². The zero-order valence-corrected chi connectivity index (χ0v) is 13.3. The van der Waals surface area contributed by atoms with Crippen molar-refractivity contribution in [3.8, 4) is 0 Å². The molecule has 0 aromatic heterocycles. The smallest absolute Gasteiger partial charge is 0.172 e. The maximum Gasteiger partial charge on any atom is 0.172 e. The van der Waals surface area contributed by atoms with E-state index >= 15 is 0 Å². The molecule has 2 saturated heterocycles. The van der Waals surface area contributed by atoms with Crippen LogP contribution in [0.25, 0.3) is 0 Å². The molecule has 2 fully saturated rings. The van der Waals surface area contributed by atoms with Gasteiger partial charge in [0.05, 0.1) is 11.0 Å². The Balaban J connectivity index is 1.65. The number of carbonyl (C=O) groups is 2. The largest absolute Gasteiger partial charge is 0.358 e. The van der Waals surface area contributed by atoms with Crippen molar-refractivity contribution in [1.82, 2.24) is 0 Å². The first-order chi connectivity index (χ1) is 11.6. The van der Waals surface area contributed by atoms with Crippen LogP contribution in [-0.2, 0) is 21.6 Å². The fraction of sp³-hybridized carbons (Fsp3) is 0.333. The van der Waals surface area contributed by atoms with E-state index in [0.717, 1.165) is 16.7 Å². The van der Waals surface area contributed by atoms with Crippen molar-refractivity contribution in [1.29, 1.82) is 0 Å². The third-order valence-corrected chi connectivity index (χ3v) is 6.03. The molecular weight excluding hydrogens is 300 g/mol. The highest BCUT2D eigenvalue weighted by atomic mass is 16.5. The number of ketones is 2. The lowest BCUT2D eigenvalue weighted by atomic mass is 9.73. The average molecular weight is 318 g/mol. The van der Waals surface area contributed by atoms with Gasteiger partial charge in [-0.1, -0.05) is 54.6 Å². The first kappa shape index (κ1) is 14.1. The van der Waals surface area contributed by atoms with E-state index in [1.807, 2.05) is 42.5 Å². The van der Waals surface area contributed by atoms with Gasteiger partial charge in [-0.25, -0.2) is 0 Å². The van der Waals surface area contributed by atoms with Crippen molar-refractivity contribution < 1.29 is 14.3 Å². The van der Waals surface area contributed by atoms with E-state index < -0.39 is 17.1 Å². The van der Waals surface area contributed by atoms with Crippen LogP contribution in [0.1, 0.15) is 40.7 Å². The molecule has 1 aliphatic carbocycles. The topological polar surface area (TPSA) is 43.4 Å². The quantitative estimate of drug-likeness (QED) is 0.809. The van der Waals surface area contributed by atoms with Crippen molar-refractivity contribution in [2.24, 2.45) is 5.41 Å². The Morgan fingerprint density at radius 1 is 0.958 bits per heavy atom. The SMILES string of the molecule is O=C1CC[C@]2(c3ccccc3)C[C@@]3(Cc4ccccc4C3=O)[C@H]1O2. The fourth-order valence-electron chi connectivity index (χ4n) is 4.95. The van der Waals surface area contributed by atoms with Crippen molar-refractivity contribution in [3.05, 3.63) is 71.3 Å². The summed E-state index contributed by atoms with van der Waals surface area (Å²) in [6.45, 7) is 0. The highest BCUT2D eigenvalue weighted by Gasteiger charge is 2.66. The summed E-state index contributed by atoms with van der Waals surface area (Å²) >= 11 is 0. The Kier molecular flexibility index (Phi) is 2.73. The molecule has 120 valence electrons. The summed E-state index contributed by atoms with van der Waals surface area (Å²) in [7, 11) is 0. The van der Waals surface area contributed by atoms with Crippen molar-refractivity contribution in [2.75, 3.05) is 0 Å². The van der Waals surface area contributed by atoms with Gasteiger partial charge in [0.1, 0.15) is 6.10 Å². The first-order valence-electron chi connectivity index (χ1n) is 8.53. The van der Waals surface area contributed by atoms with Crippen LogP contribution in [0.2, 0.25) is 0 Å². The van der Waals surface area contributed by atoms with Crippen molar-refractivity contribution >= 4 is 11.6 Å². The van der Waals surface area contributed by atoms with E-state index in [1.165, 1.54) is 0 Å². The molecule has 1 spiro atoms. The zero-order valence-electron chi connectivity index (χ0n) is 13.3. The van der Waals surface area contributed by atoms with Gasteiger partial charge in [-0.05, 0) is 30.4 Å². The summed E-state index contributed by atoms with van der Waals surface area (Å²) in [4.78, 5) is 25.9. The lowest BCUT2D eigenvalue weighted by molar-refractivity contribution is -0.150. The van der Waals surface area contributed by atoms with Gasteiger partial charge < -0.3 is 4.74 Å². The lowest BCUT2D eigenvalue weighted by Gasteiger charge is -2.33. The normalized spacial score (nSPS) is 33.9. The Morgan fingerprint density at radius 3 is 2.50 bits per heavy atom. The average Bonchev–Trinajstić information content (AvgIpc) is 3.07. The summed E-state index contributed by atoms with van der Waals surface area (Å²) in [5.74, 6) is 0.177. The molecule has 3 aliphatic rings. The summed E-state index contributed by atoms with van der Waals surface area (Å²) in [6, 6.07) is 17.8. The lowest BCUT2D eigenvalue weighted by Crippen LogP contribution is -2.43. The number of benzene rings is 2. The Labute approximate surface area is 140 Å². The van der Waals surface area contributed by atoms with E-state index in [9.17, 15) is 9.59 Å². The maximum absolute atomic E-state index is 13.3. The number of rotatable bonds is 1. The molecule has 5 rings (SSSR count). The molecule has 0 radical (unpaired) electrons. The predicted octanol–water partition coefficient (Wildman–Crippen LogP) is 3.46. The molecule has 0 unspecified atom stereocenters. The summed E-state index contributed by atoms with van der Waals surface area (Å²) in [5, 5.41) is 0. The van der Waals surface area contributed by atoms with Gasteiger partial charge in [-0.3, -0.25) is 9.59 Å². The molecule has 24 heavy (non-hydrogen) atoms. The van der Waals surface area contributed by atoms with E-state index in [0.29, 0.717) is 25.7 Å². The molecule has 2 aliphatic heterocycles. The second-order valence-corrected chi connectivity index (χ2v) is 7.32. The van der Waals surface area contributed by atoms with Gasteiger partial charge >= 0.3 is 0 Å². The summed E-state index contributed by atoms with van der Waals surface area (Å²) in [6.07, 6.45) is 1.77. The molecule has 3 heteroatoms. The van der Waals surface area contributed by atoms with Gasteiger partial charge in [0.2, 0.25) is 0 Å². The minimum Gasteiger partial charge on any atom is -0.358 e. The monoisotopic (exact) mass is 318 g/mol. The summed E-state index contributed by atoms with van der Waals surface area (Å²) in [5.41, 5.74) is 1.69. The third-order valence-electron chi connectivity index (χ3n) is 6.03. The molecular formula is C21H18O3. The molecule has 2 heterocycles. The number of hydrogen-bond donors (Lipinski definition) is 0. The van der Waals surface area contributed by atoms with E-state index in [4.69, 9.17) is 4.74 Å². The van der Waals surface area contributed by atoms with E-state index in [-0.39, 0.29) is 11.6 Å². The minimum absolute atomic E-state index is 0.0835. The predicted molar refractivity (Wildman–Crippen MR) is 88.8 cm³/mol. The van der Waals surface area contributed by atoms with Crippen LogP contribution in [0.4, 0.5) is 0 Å². The minimum atomic E-state index is -0.715. The Morgan fingerprint density at radius 2 is 1.71 bits per heavy atom. The van der Waals surface area contributed by atoms with Crippen LogP contribution in [0, 0.1) is 5.41 Å². The van der Waals surface area contributed by atoms with Gasteiger partial charge in [-0.15, -0.1) is 0 Å². The van der Waals surface area contributed by atoms with Crippen molar-refractivity contribution in [3.63, 3.8) is 0 Å². The Hall–Kier alpha value is -2.26. The zero-order chi connectivity index (χ0) is 16.4. The highest BCUT2D eigenvalue weighted by molar-refractivity contribution is 6.09. The van der Waals surface area contributed by atoms with E-state index in [1.54, 1.807) is 0 Å².